The van der Waals surface area contributed by atoms with E-state index < -0.39 is 18.8 Å². The minimum atomic E-state index is -3.16. The SMILES string of the molecule is C#CCn1c(=O)c2[nH]c(CCc3cccc(C)c3)nc2n(CCCCP(=O)(OCC)OCC)c1=O. The zero-order valence-electron chi connectivity index (χ0n) is 20.6. The largest absolute Gasteiger partial charge is 0.336 e. The molecular formula is C25H33N4O5P. The highest BCUT2D eigenvalue weighted by molar-refractivity contribution is 7.53. The first-order valence-corrected chi connectivity index (χ1v) is 13.6. The number of nitrogens with one attached hydrogen (secondary N) is 1. The topological polar surface area (TPSA) is 108 Å². The normalized spacial score (nSPS) is 11.7. The smallest absolute Gasteiger partial charge is 0.333 e. The molecule has 0 aliphatic rings. The van der Waals surface area contributed by atoms with Crippen LogP contribution < -0.4 is 11.2 Å². The van der Waals surface area contributed by atoms with Crippen LogP contribution in [0.2, 0.25) is 0 Å². The quantitative estimate of drug-likeness (QED) is 0.218. The zero-order valence-corrected chi connectivity index (χ0v) is 21.5. The second-order valence-electron chi connectivity index (χ2n) is 8.28. The first-order chi connectivity index (χ1) is 16.8. The number of nitrogens with zero attached hydrogens (tertiary/aromatic N) is 3. The molecule has 35 heavy (non-hydrogen) atoms. The predicted octanol–water partition coefficient (Wildman–Crippen LogP) is 3.66. The highest BCUT2D eigenvalue weighted by atomic mass is 31.2. The van der Waals surface area contributed by atoms with Gasteiger partial charge in [0.1, 0.15) is 11.3 Å². The number of aromatic amines is 1. The van der Waals surface area contributed by atoms with Crippen LogP contribution in [0.5, 0.6) is 0 Å². The van der Waals surface area contributed by atoms with Gasteiger partial charge in [-0.05, 0) is 45.6 Å². The molecule has 0 bridgehead atoms. The highest BCUT2D eigenvalue weighted by Gasteiger charge is 2.23. The minimum Gasteiger partial charge on any atom is -0.336 e. The molecule has 9 nitrogen and oxygen atoms in total. The van der Waals surface area contributed by atoms with E-state index in [0.29, 0.717) is 50.5 Å². The molecule has 0 atom stereocenters. The van der Waals surface area contributed by atoms with Crippen LogP contribution in [0.15, 0.2) is 33.9 Å². The third-order valence-corrected chi connectivity index (χ3v) is 7.78. The van der Waals surface area contributed by atoms with Crippen molar-refractivity contribution in [3.05, 3.63) is 62.1 Å². The van der Waals surface area contributed by atoms with E-state index in [4.69, 9.17) is 15.5 Å². The van der Waals surface area contributed by atoms with Crippen molar-refractivity contribution in [1.29, 1.82) is 0 Å². The van der Waals surface area contributed by atoms with Gasteiger partial charge >= 0.3 is 13.3 Å². The van der Waals surface area contributed by atoms with Gasteiger partial charge in [0.15, 0.2) is 5.65 Å². The number of hydrogen-bond donors (Lipinski definition) is 1. The number of aryl methyl sites for hydroxylation is 4. The third kappa shape index (κ3) is 6.61. The number of unbranched alkanes of at least 4 members (excludes halogenated alkanes) is 1. The fraction of sp³-hybridized carbons (Fsp3) is 0.480. The first-order valence-electron chi connectivity index (χ1n) is 11.9. The fourth-order valence-electron chi connectivity index (χ4n) is 4.03. The monoisotopic (exact) mass is 500 g/mol. The van der Waals surface area contributed by atoms with E-state index >= 15 is 0 Å². The summed E-state index contributed by atoms with van der Waals surface area (Å²) in [4.78, 5) is 33.7. The van der Waals surface area contributed by atoms with Crippen LogP contribution in [0.4, 0.5) is 0 Å². The molecule has 188 valence electrons. The summed E-state index contributed by atoms with van der Waals surface area (Å²) in [6, 6.07) is 8.21. The number of rotatable bonds is 13. The van der Waals surface area contributed by atoms with Crippen LogP contribution in [0.1, 0.15) is 43.6 Å². The zero-order chi connectivity index (χ0) is 25.4. The van der Waals surface area contributed by atoms with Crippen molar-refractivity contribution < 1.29 is 13.6 Å². The molecule has 3 rings (SSSR count). The summed E-state index contributed by atoms with van der Waals surface area (Å²) in [6.07, 6.45) is 8.03. The Morgan fingerprint density at radius 1 is 1.11 bits per heavy atom. The molecular weight excluding hydrogens is 467 g/mol. The van der Waals surface area contributed by atoms with Gasteiger partial charge in [-0.2, -0.15) is 0 Å². The molecule has 10 heteroatoms. The van der Waals surface area contributed by atoms with Crippen LogP contribution in [-0.2, 0) is 39.5 Å². The Kier molecular flexibility index (Phi) is 9.27. The van der Waals surface area contributed by atoms with Gasteiger partial charge in [-0.15, -0.1) is 6.42 Å². The van der Waals surface area contributed by atoms with Gasteiger partial charge < -0.3 is 14.0 Å². The average Bonchev–Trinajstić information content (AvgIpc) is 3.25. The van der Waals surface area contributed by atoms with Gasteiger partial charge in [0.25, 0.3) is 5.56 Å². The lowest BCUT2D eigenvalue weighted by molar-refractivity contribution is 0.219. The lowest BCUT2D eigenvalue weighted by atomic mass is 10.1. The number of terminal acetylenes is 1. The van der Waals surface area contributed by atoms with Gasteiger partial charge in [-0.3, -0.25) is 13.9 Å². The maximum atomic E-state index is 13.1. The number of benzene rings is 1. The Labute approximate surface area is 205 Å². The number of H-pyrrole nitrogens is 1. The molecule has 0 aliphatic carbocycles. The number of fused-ring (bicyclic) bond motifs is 1. The molecule has 0 radical (unpaired) electrons. The maximum Gasteiger partial charge on any atom is 0.333 e. The molecule has 0 amide bonds. The Morgan fingerprint density at radius 2 is 1.86 bits per heavy atom. The Hall–Kier alpha value is -2.92. The summed E-state index contributed by atoms with van der Waals surface area (Å²) in [5.41, 5.74) is 1.93. The van der Waals surface area contributed by atoms with Gasteiger partial charge in [0, 0.05) is 13.0 Å². The molecule has 2 heterocycles. The predicted molar refractivity (Wildman–Crippen MR) is 137 cm³/mol. The standard InChI is InChI=1S/C25H33N4O5P/c1-5-15-29-24(30)22-23(27-21(26-22)14-13-20-12-10-11-19(4)18-20)28(25(29)31)16-8-9-17-35(32,33-6-2)34-7-3/h1,10-12,18H,6-9,13-17H2,2-4H3,(H,26,27). The summed E-state index contributed by atoms with van der Waals surface area (Å²) in [5, 5.41) is 0. The number of aromatic nitrogens is 4. The molecule has 0 fully saturated rings. The highest BCUT2D eigenvalue weighted by Crippen LogP contribution is 2.48. The Balaban J connectivity index is 1.85. The van der Waals surface area contributed by atoms with E-state index in [0.717, 1.165) is 11.0 Å². The van der Waals surface area contributed by atoms with Crippen molar-refractivity contribution in [2.45, 2.75) is 59.5 Å². The fourth-order valence-corrected chi connectivity index (χ4v) is 5.76. The molecule has 3 aromatic rings. The van der Waals surface area contributed by atoms with Crippen LogP contribution in [-0.4, -0.2) is 38.5 Å². The number of imidazole rings is 1. The van der Waals surface area contributed by atoms with E-state index in [1.54, 1.807) is 13.8 Å². The van der Waals surface area contributed by atoms with Crippen LogP contribution in [0.3, 0.4) is 0 Å². The van der Waals surface area contributed by atoms with E-state index in [-0.39, 0.29) is 18.2 Å². The number of hydrogen-bond acceptors (Lipinski definition) is 6. The Morgan fingerprint density at radius 3 is 2.51 bits per heavy atom. The molecule has 0 saturated carbocycles. The molecule has 1 N–H and O–H groups in total. The van der Waals surface area contributed by atoms with E-state index in [1.165, 1.54) is 15.7 Å². The lowest BCUT2D eigenvalue weighted by Crippen LogP contribution is -2.40. The molecule has 0 saturated heterocycles. The van der Waals surface area contributed by atoms with E-state index in [1.807, 2.05) is 19.1 Å². The van der Waals surface area contributed by atoms with Crippen molar-refractivity contribution in [3.63, 3.8) is 0 Å². The summed E-state index contributed by atoms with van der Waals surface area (Å²) in [6.45, 7) is 6.34. The molecule has 0 unspecified atom stereocenters. The van der Waals surface area contributed by atoms with Crippen molar-refractivity contribution in [2.24, 2.45) is 0 Å². The summed E-state index contributed by atoms with van der Waals surface area (Å²) in [7, 11) is -3.16. The van der Waals surface area contributed by atoms with Crippen molar-refractivity contribution in [2.75, 3.05) is 19.4 Å². The van der Waals surface area contributed by atoms with Crippen molar-refractivity contribution in [1.82, 2.24) is 19.1 Å². The van der Waals surface area contributed by atoms with Crippen LogP contribution >= 0.6 is 7.60 Å². The second-order valence-corrected chi connectivity index (χ2v) is 10.5. The van der Waals surface area contributed by atoms with Crippen LogP contribution in [0, 0.1) is 19.3 Å². The van der Waals surface area contributed by atoms with Crippen molar-refractivity contribution in [3.8, 4) is 12.3 Å². The van der Waals surface area contributed by atoms with Gasteiger partial charge in [0.2, 0.25) is 0 Å². The maximum absolute atomic E-state index is 13.1. The van der Waals surface area contributed by atoms with Crippen molar-refractivity contribution >= 4 is 18.8 Å². The first kappa shape index (κ1) is 26.7. The summed E-state index contributed by atoms with van der Waals surface area (Å²) in [5.74, 6) is 3.00. The van der Waals surface area contributed by atoms with Gasteiger partial charge in [-0.25, -0.2) is 14.3 Å². The van der Waals surface area contributed by atoms with Gasteiger partial charge in [-0.1, -0.05) is 35.7 Å². The third-order valence-electron chi connectivity index (χ3n) is 5.61. The van der Waals surface area contributed by atoms with Crippen LogP contribution in [0.25, 0.3) is 11.2 Å². The molecule has 1 aromatic carbocycles. The van der Waals surface area contributed by atoms with E-state index in [9.17, 15) is 14.2 Å². The summed E-state index contributed by atoms with van der Waals surface area (Å²) >= 11 is 0. The summed E-state index contributed by atoms with van der Waals surface area (Å²) < 4.78 is 25.9. The Bertz CT molecular complexity index is 1350. The van der Waals surface area contributed by atoms with E-state index in [2.05, 4.69) is 28.0 Å². The minimum absolute atomic E-state index is 0.130. The molecule has 0 aliphatic heterocycles. The molecule has 2 aromatic heterocycles. The molecule has 0 spiro atoms. The average molecular weight is 501 g/mol. The lowest BCUT2D eigenvalue weighted by Gasteiger charge is -2.17. The van der Waals surface area contributed by atoms with Gasteiger partial charge in [0.05, 0.1) is 25.9 Å². The second kappa shape index (κ2) is 12.2.